The van der Waals surface area contributed by atoms with Crippen LogP contribution in [0.4, 0.5) is 0 Å². The fourth-order valence-electron chi connectivity index (χ4n) is 0.973. The van der Waals surface area contributed by atoms with Gasteiger partial charge in [-0.25, -0.2) is 0 Å². The lowest BCUT2D eigenvalue weighted by molar-refractivity contribution is -0.128. The molecule has 0 aliphatic carbocycles. The molecule has 0 heterocycles. The van der Waals surface area contributed by atoms with E-state index in [-0.39, 0.29) is 5.78 Å². The van der Waals surface area contributed by atoms with Crippen molar-refractivity contribution in [2.24, 2.45) is 5.92 Å². The van der Waals surface area contributed by atoms with Crippen molar-refractivity contribution >= 4 is 5.78 Å². The third-order valence-corrected chi connectivity index (χ3v) is 1.54. The monoisotopic (exact) mass is 158 g/mol. The fourth-order valence-corrected chi connectivity index (χ4v) is 0.973. The molecule has 66 valence electrons. The molecule has 2 nitrogen and oxygen atoms in total. The molecule has 0 aliphatic heterocycles. The molecule has 0 aromatic heterocycles. The molecule has 0 bridgehead atoms. The van der Waals surface area contributed by atoms with Crippen molar-refractivity contribution in [3.05, 3.63) is 0 Å². The second-order valence-corrected chi connectivity index (χ2v) is 3.37. The summed E-state index contributed by atoms with van der Waals surface area (Å²) in [5.41, 5.74) is 0. The summed E-state index contributed by atoms with van der Waals surface area (Å²) < 4.78 is 0. The van der Waals surface area contributed by atoms with Gasteiger partial charge in [0, 0.05) is 6.42 Å². The van der Waals surface area contributed by atoms with E-state index in [0.717, 1.165) is 6.42 Å². The second-order valence-electron chi connectivity index (χ2n) is 3.37. The van der Waals surface area contributed by atoms with Crippen molar-refractivity contribution < 1.29 is 9.90 Å². The summed E-state index contributed by atoms with van der Waals surface area (Å²) >= 11 is 0. The van der Waals surface area contributed by atoms with Gasteiger partial charge in [0.25, 0.3) is 0 Å². The summed E-state index contributed by atoms with van der Waals surface area (Å²) in [4.78, 5) is 11.1. The van der Waals surface area contributed by atoms with Gasteiger partial charge in [0.2, 0.25) is 0 Å². The zero-order chi connectivity index (χ0) is 8.85. The Hall–Kier alpha value is -0.370. The molecule has 0 saturated heterocycles. The van der Waals surface area contributed by atoms with Gasteiger partial charge in [0.1, 0.15) is 6.10 Å². The quantitative estimate of drug-likeness (QED) is 0.662. The Bertz CT molecular complexity index is 119. The van der Waals surface area contributed by atoms with E-state index >= 15 is 0 Å². The number of aliphatic hydroxyl groups is 1. The minimum atomic E-state index is -0.720. The number of hydrogen-bond donors (Lipinski definition) is 1. The van der Waals surface area contributed by atoms with E-state index < -0.39 is 6.10 Å². The summed E-state index contributed by atoms with van der Waals surface area (Å²) in [5.74, 6) is 0.343. The highest BCUT2D eigenvalue weighted by Gasteiger charge is 2.14. The molecular weight excluding hydrogens is 140 g/mol. The van der Waals surface area contributed by atoms with Gasteiger partial charge >= 0.3 is 0 Å². The van der Waals surface area contributed by atoms with Crippen molar-refractivity contribution in [2.75, 3.05) is 0 Å². The summed E-state index contributed by atoms with van der Waals surface area (Å²) in [6.45, 7) is 5.93. The van der Waals surface area contributed by atoms with Crippen LogP contribution in [0.5, 0.6) is 0 Å². The molecule has 0 saturated carbocycles. The minimum Gasteiger partial charge on any atom is -0.385 e. The van der Waals surface area contributed by atoms with Crippen LogP contribution in [-0.4, -0.2) is 17.0 Å². The molecule has 0 aliphatic rings. The Balaban J connectivity index is 3.64. The smallest absolute Gasteiger partial charge is 0.161 e. The maximum Gasteiger partial charge on any atom is 0.161 e. The molecule has 0 aromatic carbocycles. The van der Waals surface area contributed by atoms with E-state index in [2.05, 4.69) is 0 Å². The number of Topliss-reactive ketones (excluding diaryl/α,β-unsaturated/α-hetero) is 1. The Morgan fingerprint density at radius 3 is 2.36 bits per heavy atom. The molecule has 0 rings (SSSR count). The lowest BCUT2D eigenvalue weighted by Gasteiger charge is -2.09. The van der Waals surface area contributed by atoms with Crippen LogP contribution in [-0.2, 0) is 4.79 Å². The summed E-state index contributed by atoms with van der Waals surface area (Å²) in [5, 5.41) is 9.22. The Kier molecular flexibility index (Phi) is 5.12. The Labute approximate surface area is 68.6 Å². The minimum absolute atomic E-state index is 0.0122. The van der Waals surface area contributed by atoms with Crippen LogP contribution < -0.4 is 0 Å². The van der Waals surface area contributed by atoms with E-state index in [1.807, 2.05) is 20.8 Å². The first-order valence-electron chi connectivity index (χ1n) is 4.28. The van der Waals surface area contributed by atoms with Gasteiger partial charge in [-0.15, -0.1) is 0 Å². The average molecular weight is 158 g/mol. The summed E-state index contributed by atoms with van der Waals surface area (Å²) in [6, 6.07) is 0. The zero-order valence-corrected chi connectivity index (χ0v) is 7.63. The third-order valence-electron chi connectivity index (χ3n) is 1.54. The molecule has 1 atom stereocenters. The molecule has 0 amide bonds. The molecule has 11 heavy (non-hydrogen) atoms. The molecule has 1 N–H and O–H groups in total. The first-order valence-corrected chi connectivity index (χ1v) is 4.28. The van der Waals surface area contributed by atoms with Gasteiger partial charge in [-0.3, -0.25) is 4.79 Å². The largest absolute Gasteiger partial charge is 0.385 e. The number of hydrogen-bond acceptors (Lipinski definition) is 2. The number of rotatable bonds is 5. The highest BCUT2D eigenvalue weighted by molar-refractivity contribution is 5.82. The van der Waals surface area contributed by atoms with E-state index in [1.165, 1.54) is 0 Å². The van der Waals surface area contributed by atoms with Crippen molar-refractivity contribution in [1.29, 1.82) is 0 Å². The molecule has 2 heteroatoms. The van der Waals surface area contributed by atoms with Gasteiger partial charge in [0.15, 0.2) is 5.78 Å². The van der Waals surface area contributed by atoms with Crippen LogP contribution in [0.15, 0.2) is 0 Å². The van der Waals surface area contributed by atoms with Crippen molar-refractivity contribution in [3.63, 3.8) is 0 Å². The van der Waals surface area contributed by atoms with Crippen LogP contribution >= 0.6 is 0 Å². The first-order chi connectivity index (χ1) is 5.07. The third kappa shape index (κ3) is 4.96. The molecule has 0 spiro atoms. The van der Waals surface area contributed by atoms with E-state index in [9.17, 15) is 9.90 Å². The van der Waals surface area contributed by atoms with Crippen molar-refractivity contribution in [1.82, 2.24) is 0 Å². The number of carbonyl (C=O) groups excluding carboxylic acids is 1. The predicted octanol–water partition coefficient (Wildman–Crippen LogP) is 1.76. The highest BCUT2D eigenvalue weighted by atomic mass is 16.3. The maximum absolute atomic E-state index is 11.1. The zero-order valence-electron chi connectivity index (χ0n) is 7.63. The Morgan fingerprint density at radius 1 is 1.45 bits per heavy atom. The van der Waals surface area contributed by atoms with Gasteiger partial charge in [-0.05, 0) is 12.3 Å². The molecule has 0 fully saturated rings. The topological polar surface area (TPSA) is 37.3 Å². The summed E-state index contributed by atoms with van der Waals surface area (Å²) in [6.07, 6.45) is 1.25. The SMILES string of the molecule is CCCC(O)C(=O)CC(C)C. The number of aliphatic hydroxyl groups excluding tert-OH is 1. The molecular formula is C9H18O2. The van der Waals surface area contributed by atoms with Gasteiger partial charge in [0.05, 0.1) is 0 Å². The van der Waals surface area contributed by atoms with Crippen LogP contribution in [0.25, 0.3) is 0 Å². The second kappa shape index (κ2) is 5.30. The van der Waals surface area contributed by atoms with Gasteiger partial charge in [-0.1, -0.05) is 27.2 Å². The molecule has 1 unspecified atom stereocenters. The fraction of sp³-hybridized carbons (Fsp3) is 0.889. The molecule has 0 radical (unpaired) electrons. The van der Waals surface area contributed by atoms with Gasteiger partial charge in [-0.2, -0.15) is 0 Å². The normalized spacial score (nSPS) is 13.5. The van der Waals surface area contributed by atoms with Crippen molar-refractivity contribution in [2.45, 2.75) is 46.1 Å². The van der Waals surface area contributed by atoms with Crippen LogP contribution in [0.1, 0.15) is 40.0 Å². The lowest BCUT2D eigenvalue weighted by atomic mass is 10.0. The predicted molar refractivity (Wildman–Crippen MR) is 45.4 cm³/mol. The summed E-state index contributed by atoms with van der Waals surface area (Å²) in [7, 11) is 0. The van der Waals surface area contributed by atoms with E-state index in [4.69, 9.17) is 0 Å². The van der Waals surface area contributed by atoms with Crippen LogP contribution in [0.3, 0.4) is 0 Å². The number of ketones is 1. The first kappa shape index (κ1) is 10.6. The van der Waals surface area contributed by atoms with Crippen LogP contribution in [0, 0.1) is 5.92 Å². The maximum atomic E-state index is 11.1. The van der Waals surface area contributed by atoms with E-state index in [0.29, 0.717) is 18.8 Å². The Morgan fingerprint density at radius 2 is 2.00 bits per heavy atom. The molecule has 0 aromatic rings. The standard InChI is InChI=1S/C9H18O2/c1-4-5-8(10)9(11)6-7(2)3/h7-8,10H,4-6H2,1-3H3. The highest BCUT2D eigenvalue weighted by Crippen LogP contribution is 2.06. The lowest BCUT2D eigenvalue weighted by Crippen LogP contribution is -2.21. The van der Waals surface area contributed by atoms with Crippen molar-refractivity contribution in [3.8, 4) is 0 Å². The van der Waals surface area contributed by atoms with Gasteiger partial charge < -0.3 is 5.11 Å². The number of carbonyl (C=O) groups is 1. The van der Waals surface area contributed by atoms with E-state index in [1.54, 1.807) is 0 Å². The average Bonchev–Trinajstić information content (AvgIpc) is 1.86. The van der Waals surface area contributed by atoms with Crippen LogP contribution in [0.2, 0.25) is 0 Å².